The standard InChI is InChI=1S/C23H24ClN7O/c1-14-21(25)23(13-32-14)6-9-30(10-7-23)18-12-27-22-16(29-18)11-28-31(22)17-5-4-15-3-2-8-26-20(15)19(17)24/h2-5,8,11-12,14,21H,6-7,9-10,13,25H2,1H3/t14-,21+/m0/s1. The third kappa shape index (κ3) is 2.97. The number of fused-ring (bicyclic) bond motifs is 2. The highest BCUT2D eigenvalue weighted by atomic mass is 35.5. The normalized spacial score (nSPS) is 22.9. The van der Waals surface area contributed by atoms with Crippen molar-refractivity contribution in [2.24, 2.45) is 11.1 Å². The van der Waals surface area contributed by atoms with Crippen LogP contribution in [0.2, 0.25) is 5.02 Å². The van der Waals surface area contributed by atoms with Crippen LogP contribution in [-0.4, -0.2) is 56.6 Å². The minimum atomic E-state index is 0.0825. The molecule has 5 heterocycles. The first-order valence-electron chi connectivity index (χ1n) is 10.9. The van der Waals surface area contributed by atoms with Gasteiger partial charge in [-0.1, -0.05) is 23.7 Å². The molecule has 4 aromatic rings. The van der Waals surface area contributed by atoms with Crippen LogP contribution in [0.15, 0.2) is 42.9 Å². The van der Waals surface area contributed by atoms with Gasteiger partial charge in [-0.2, -0.15) is 5.10 Å². The number of anilines is 1. The van der Waals surface area contributed by atoms with Crippen molar-refractivity contribution in [3.8, 4) is 5.69 Å². The van der Waals surface area contributed by atoms with E-state index in [-0.39, 0.29) is 17.6 Å². The number of aromatic nitrogens is 5. The highest BCUT2D eigenvalue weighted by molar-refractivity contribution is 6.37. The maximum Gasteiger partial charge on any atom is 0.181 e. The van der Waals surface area contributed by atoms with E-state index >= 15 is 0 Å². The van der Waals surface area contributed by atoms with Gasteiger partial charge in [-0.3, -0.25) is 4.98 Å². The van der Waals surface area contributed by atoms with E-state index in [0.29, 0.717) is 10.7 Å². The summed E-state index contributed by atoms with van der Waals surface area (Å²) in [7, 11) is 0. The molecule has 32 heavy (non-hydrogen) atoms. The molecule has 0 aliphatic carbocycles. The molecule has 2 N–H and O–H groups in total. The summed E-state index contributed by atoms with van der Waals surface area (Å²) in [6, 6.07) is 7.90. The van der Waals surface area contributed by atoms with Gasteiger partial charge in [0.1, 0.15) is 11.3 Å². The number of rotatable bonds is 2. The number of benzene rings is 1. The summed E-state index contributed by atoms with van der Waals surface area (Å²) in [5.41, 5.74) is 9.41. The molecular weight excluding hydrogens is 426 g/mol. The highest BCUT2D eigenvalue weighted by Gasteiger charge is 2.47. The van der Waals surface area contributed by atoms with Crippen LogP contribution in [-0.2, 0) is 4.74 Å². The molecule has 0 amide bonds. The zero-order valence-corrected chi connectivity index (χ0v) is 18.5. The Balaban J connectivity index is 1.29. The molecule has 164 valence electrons. The second kappa shape index (κ2) is 7.37. The smallest absolute Gasteiger partial charge is 0.181 e. The third-order valence-electron chi connectivity index (χ3n) is 7.11. The average molecular weight is 450 g/mol. The quantitative estimate of drug-likeness (QED) is 0.501. The van der Waals surface area contributed by atoms with Gasteiger partial charge in [0.15, 0.2) is 5.65 Å². The molecule has 0 unspecified atom stereocenters. The fourth-order valence-corrected chi connectivity index (χ4v) is 5.35. The fourth-order valence-electron chi connectivity index (χ4n) is 5.05. The largest absolute Gasteiger partial charge is 0.376 e. The Morgan fingerprint density at radius 1 is 1.16 bits per heavy atom. The van der Waals surface area contributed by atoms with Crippen molar-refractivity contribution in [1.82, 2.24) is 24.7 Å². The Morgan fingerprint density at radius 3 is 2.78 bits per heavy atom. The second-order valence-electron chi connectivity index (χ2n) is 8.86. The predicted molar refractivity (Wildman–Crippen MR) is 124 cm³/mol. The molecule has 1 aromatic carbocycles. The molecule has 2 saturated heterocycles. The van der Waals surface area contributed by atoms with E-state index in [2.05, 4.69) is 21.9 Å². The van der Waals surface area contributed by atoms with Crippen molar-refractivity contribution in [3.63, 3.8) is 0 Å². The van der Waals surface area contributed by atoms with E-state index in [4.69, 9.17) is 32.0 Å². The summed E-state index contributed by atoms with van der Waals surface area (Å²) in [4.78, 5) is 16.2. The molecule has 2 aliphatic heterocycles. The van der Waals surface area contributed by atoms with Crippen molar-refractivity contribution >= 4 is 39.5 Å². The first-order valence-corrected chi connectivity index (χ1v) is 11.3. The lowest BCUT2D eigenvalue weighted by atomic mass is 9.73. The van der Waals surface area contributed by atoms with E-state index in [0.717, 1.165) is 60.5 Å². The maximum absolute atomic E-state index is 6.67. The first kappa shape index (κ1) is 19.8. The summed E-state index contributed by atoms with van der Waals surface area (Å²) >= 11 is 6.67. The van der Waals surface area contributed by atoms with Gasteiger partial charge in [0.2, 0.25) is 0 Å². The maximum atomic E-state index is 6.67. The van der Waals surface area contributed by atoms with Crippen molar-refractivity contribution in [1.29, 1.82) is 0 Å². The van der Waals surface area contributed by atoms with Crippen LogP contribution in [0.3, 0.4) is 0 Å². The molecule has 3 aromatic heterocycles. The monoisotopic (exact) mass is 449 g/mol. The lowest BCUT2D eigenvalue weighted by molar-refractivity contribution is 0.0974. The summed E-state index contributed by atoms with van der Waals surface area (Å²) in [5, 5.41) is 6.05. The number of halogens is 1. The number of hydrogen-bond donors (Lipinski definition) is 1. The van der Waals surface area contributed by atoms with Gasteiger partial charge in [0.05, 0.1) is 41.3 Å². The first-order chi connectivity index (χ1) is 15.6. The Morgan fingerprint density at radius 2 is 2.00 bits per heavy atom. The summed E-state index contributed by atoms with van der Waals surface area (Å²) in [6.45, 7) is 4.60. The van der Waals surface area contributed by atoms with Crippen LogP contribution in [0.4, 0.5) is 5.82 Å². The van der Waals surface area contributed by atoms with Crippen LogP contribution in [0.1, 0.15) is 19.8 Å². The van der Waals surface area contributed by atoms with Crippen LogP contribution in [0.25, 0.3) is 27.8 Å². The van der Waals surface area contributed by atoms with Gasteiger partial charge in [-0.15, -0.1) is 0 Å². The lowest BCUT2D eigenvalue weighted by Gasteiger charge is -2.41. The Bertz CT molecular complexity index is 1310. The van der Waals surface area contributed by atoms with Crippen LogP contribution < -0.4 is 10.6 Å². The van der Waals surface area contributed by atoms with Crippen LogP contribution in [0.5, 0.6) is 0 Å². The van der Waals surface area contributed by atoms with Crippen molar-refractivity contribution < 1.29 is 4.74 Å². The molecule has 2 atom stereocenters. The highest BCUT2D eigenvalue weighted by Crippen LogP contribution is 2.41. The number of pyridine rings is 1. The molecule has 9 heteroatoms. The number of ether oxygens (including phenoxy) is 1. The van der Waals surface area contributed by atoms with Crippen molar-refractivity contribution in [3.05, 3.63) is 47.9 Å². The Hall–Kier alpha value is -2.81. The molecule has 2 fully saturated rings. The molecule has 1 spiro atoms. The number of piperidine rings is 1. The Labute approximate surface area is 190 Å². The van der Waals surface area contributed by atoms with Gasteiger partial charge in [0.25, 0.3) is 0 Å². The van der Waals surface area contributed by atoms with Gasteiger partial charge in [-0.25, -0.2) is 14.6 Å². The molecule has 0 radical (unpaired) electrons. The molecule has 8 nitrogen and oxygen atoms in total. The molecule has 0 saturated carbocycles. The number of nitrogens with zero attached hydrogens (tertiary/aromatic N) is 6. The zero-order chi connectivity index (χ0) is 21.9. The van der Waals surface area contributed by atoms with Crippen LogP contribution >= 0.6 is 11.6 Å². The van der Waals surface area contributed by atoms with Crippen LogP contribution in [0, 0.1) is 5.41 Å². The number of nitrogens with two attached hydrogens (primary N) is 1. The van der Waals surface area contributed by atoms with E-state index in [1.165, 1.54) is 0 Å². The minimum absolute atomic E-state index is 0.0825. The molecular formula is C23H24ClN7O. The SMILES string of the molecule is C[C@@H]1OCC2(CCN(c3cnc4c(cnn4-c4ccc5cccnc5c4Cl)n3)CC2)[C@@H]1N. The fraction of sp³-hybridized carbons (Fsp3) is 0.391. The van der Waals surface area contributed by atoms with Gasteiger partial charge >= 0.3 is 0 Å². The lowest BCUT2D eigenvalue weighted by Crippen LogP contribution is -2.50. The Kier molecular flexibility index (Phi) is 4.57. The van der Waals surface area contributed by atoms with Crippen molar-refractivity contribution in [2.45, 2.75) is 31.9 Å². The van der Waals surface area contributed by atoms with Gasteiger partial charge in [-0.05, 0) is 31.9 Å². The van der Waals surface area contributed by atoms with Crippen molar-refractivity contribution in [2.75, 3.05) is 24.6 Å². The number of hydrogen-bond acceptors (Lipinski definition) is 7. The predicted octanol–water partition coefficient (Wildman–Crippen LogP) is 3.35. The zero-order valence-electron chi connectivity index (χ0n) is 17.8. The molecule has 2 aliphatic rings. The summed E-state index contributed by atoms with van der Waals surface area (Å²) in [6.07, 6.45) is 7.41. The van der Waals surface area contributed by atoms with Gasteiger partial charge < -0.3 is 15.4 Å². The summed E-state index contributed by atoms with van der Waals surface area (Å²) < 4.78 is 7.57. The molecule has 0 bridgehead atoms. The summed E-state index contributed by atoms with van der Waals surface area (Å²) in [5.74, 6) is 0.860. The topological polar surface area (TPSA) is 95.0 Å². The van der Waals surface area contributed by atoms with E-state index in [1.54, 1.807) is 17.1 Å². The van der Waals surface area contributed by atoms with E-state index in [1.807, 2.05) is 30.5 Å². The van der Waals surface area contributed by atoms with E-state index < -0.39 is 0 Å². The molecule has 6 rings (SSSR count). The van der Waals surface area contributed by atoms with Gasteiger partial charge in [0, 0.05) is 36.1 Å². The average Bonchev–Trinajstić information content (AvgIpc) is 3.37. The second-order valence-corrected chi connectivity index (χ2v) is 9.24. The van der Waals surface area contributed by atoms with E-state index in [9.17, 15) is 0 Å². The third-order valence-corrected chi connectivity index (χ3v) is 7.49. The minimum Gasteiger partial charge on any atom is -0.376 e.